The number of hydrogen-bond donors (Lipinski definition) is 0. The second-order valence-corrected chi connectivity index (χ2v) is 13.2. The fourth-order valence-corrected chi connectivity index (χ4v) is 7.88. The maximum atomic E-state index is 6.66. The summed E-state index contributed by atoms with van der Waals surface area (Å²) in [5, 5.41) is 6.49. The highest BCUT2D eigenvalue weighted by Gasteiger charge is 2.18. The van der Waals surface area contributed by atoms with E-state index in [4.69, 9.17) is 19.7 Å². The lowest BCUT2D eigenvalue weighted by Gasteiger charge is -2.13. The van der Waals surface area contributed by atoms with Gasteiger partial charge in [0.2, 0.25) is 0 Å². The summed E-state index contributed by atoms with van der Waals surface area (Å²) in [7, 11) is 0. The van der Waals surface area contributed by atoms with Gasteiger partial charge in [-0.2, -0.15) is 0 Å². The molecule has 5 heterocycles. The van der Waals surface area contributed by atoms with Crippen molar-refractivity contribution in [2.75, 3.05) is 0 Å². The number of aryl methyl sites for hydroxylation is 3. The van der Waals surface area contributed by atoms with E-state index in [2.05, 4.69) is 127 Å². The van der Waals surface area contributed by atoms with Gasteiger partial charge in [0, 0.05) is 45.1 Å². The highest BCUT2D eigenvalue weighted by Crippen LogP contribution is 2.38. The lowest BCUT2D eigenvalue weighted by molar-refractivity contribution is 0.484. The molecule has 0 spiro atoms. The summed E-state index contributed by atoms with van der Waals surface area (Å²) in [4.78, 5) is 15.0. The van der Waals surface area contributed by atoms with Crippen LogP contribution in [0.1, 0.15) is 16.7 Å². The lowest BCUT2D eigenvalue weighted by atomic mass is 9.98. The molecule has 5 aromatic heterocycles. The van der Waals surface area contributed by atoms with Crippen LogP contribution in [0.2, 0.25) is 0 Å². The quantitative estimate of drug-likeness (QED) is 0.179. The Morgan fingerprint density at radius 1 is 0.560 bits per heavy atom. The minimum atomic E-state index is 0.736. The predicted octanol–water partition coefficient (Wildman–Crippen LogP) is 11.0. The number of hydrogen-bond acceptors (Lipinski definition) is 4. The first kappa shape index (κ1) is 28.5. The predicted molar refractivity (Wildman–Crippen MR) is 203 cm³/mol. The Hall–Kier alpha value is -6.53. The smallest absolute Gasteiger partial charge is 0.147 e. The fourth-order valence-electron chi connectivity index (χ4n) is 7.88. The first-order valence-electron chi connectivity index (χ1n) is 16.8. The van der Waals surface area contributed by atoms with Gasteiger partial charge < -0.3 is 4.74 Å². The topological polar surface area (TPSA) is 56.7 Å². The molecular weight excluding hydrogens is 615 g/mol. The molecule has 0 radical (unpaired) electrons. The number of nitrogens with zero attached hydrogens (tertiary/aromatic N) is 5. The average Bonchev–Trinajstić information content (AvgIpc) is 3.78. The molecule has 5 aromatic carbocycles. The molecule has 6 nitrogen and oxygen atoms in total. The van der Waals surface area contributed by atoms with Gasteiger partial charge in [-0.05, 0) is 97.3 Å². The molecule has 0 unspecified atom stereocenters. The van der Waals surface area contributed by atoms with Crippen molar-refractivity contribution in [3.8, 4) is 34.0 Å². The van der Waals surface area contributed by atoms with Crippen molar-refractivity contribution in [2.24, 2.45) is 0 Å². The van der Waals surface area contributed by atoms with Crippen molar-refractivity contribution in [3.63, 3.8) is 0 Å². The van der Waals surface area contributed by atoms with E-state index in [1.165, 1.54) is 22.1 Å². The summed E-state index contributed by atoms with van der Waals surface area (Å²) in [5.74, 6) is 1.48. The van der Waals surface area contributed by atoms with Crippen LogP contribution < -0.4 is 4.74 Å². The maximum Gasteiger partial charge on any atom is 0.147 e. The van der Waals surface area contributed by atoms with Gasteiger partial charge >= 0.3 is 0 Å². The summed E-state index contributed by atoms with van der Waals surface area (Å²) < 4.78 is 11.0. The Morgan fingerprint density at radius 3 is 2.02 bits per heavy atom. The normalized spacial score (nSPS) is 11.9. The van der Waals surface area contributed by atoms with E-state index in [9.17, 15) is 0 Å². The Bertz CT molecular complexity index is 2970. The van der Waals surface area contributed by atoms with Crippen molar-refractivity contribution in [2.45, 2.75) is 20.8 Å². The summed E-state index contributed by atoms with van der Waals surface area (Å²) in [6, 6.07) is 40.1. The number of aromatic nitrogens is 5. The molecule has 50 heavy (non-hydrogen) atoms. The van der Waals surface area contributed by atoms with Crippen molar-refractivity contribution in [1.29, 1.82) is 0 Å². The van der Waals surface area contributed by atoms with Crippen LogP contribution in [0.3, 0.4) is 0 Å². The van der Waals surface area contributed by atoms with Gasteiger partial charge in [-0.15, -0.1) is 0 Å². The first-order chi connectivity index (χ1) is 24.5. The SMILES string of the molecule is Cc1cc(C)c(-c2cn3c4ncccc4c4ccc(Oc5ccc6c7ccccc7n7c(-c8ccccc8)cnc7c6c5)cc4c3n2)c(C)c1. The average molecular weight is 646 g/mol. The molecule has 0 bridgehead atoms. The molecule has 10 aromatic rings. The zero-order valence-electron chi connectivity index (χ0n) is 27.8. The number of pyridine rings is 3. The molecule has 6 heteroatoms. The van der Waals surface area contributed by atoms with Gasteiger partial charge in [0.1, 0.15) is 28.4 Å². The molecule has 0 aliphatic carbocycles. The third kappa shape index (κ3) is 4.25. The van der Waals surface area contributed by atoms with Crippen molar-refractivity contribution in [3.05, 3.63) is 151 Å². The number of benzene rings is 5. The van der Waals surface area contributed by atoms with E-state index in [1.54, 1.807) is 0 Å². The maximum absolute atomic E-state index is 6.66. The van der Waals surface area contributed by atoms with Gasteiger partial charge in [0.15, 0.2) is 0 Å². The van der Waals surface area contributed by atoms with E-state index in [-0.39, 0.29) is 0 Å². The van der Waals surface area contributed by atoms with Crippen molar-refractivity contribution < 1.29 is 4.74 Å². The number of imidazole rings is 2. The summed E-state index contributed by atoms with van der Waals surface area (Å²) in [6.45, 7) is 6.45. The van der Waals surface area contributed by atoms with Gasteiger partial charge in [0.25, 0.3) is 0 Å². The van der Waals surface area contributed by atoms with E-state index < -0.39 is 0 Å². The fraction of sp³-hybridized carbons (Fsp3) is 0.0682. The Balaban J connectivity index is 1.15. The summed E-state index contributed by atoms with van der Waals surface area (Å²) in [6.07, 6.45) is 5.93. The zero-order chi connectivity index (χ0) is 33.5. The highest BCUT2D eigenvalue weighted by atomic mass is 16.5. The van der Waals surface area contributed by atoms with Crippen molar-refractivity contribution in [1.82, 2.24) is 23.8 Å². The minimum Gasteiger partial charge on any atom is -0.457 e. The third-order valence-corrected chi connectivity index (χ3v) is 9.91. The summed E-state index contributed by atoms with van der Waals surface area (Å²) >= 11 is 0. The standard InChI is InChI=1S/C44H31N5O/c1-26-20-27(2)41(28(3)21-26)38-25-48-42-35(13-9-19-45-42)33-18-16-31(23-37(33)44(48)47-38)50-30-15-17-32-34-12-7-8-14-39(34)49-40(29-10-5-4-6-11-29)24-46-43(49)36(32)22-30/h4-25H,1-3H3. The number of ether oxygens (including phenoxy) is 1. The Morgan fingerprint density at radius 2 is 1.24 bits per heavy atom. The molecule has 0 fully saturated rings. The largest absolute Gasteiger partial charge is 0.457 e. The second-order valence-electron chi connectivity index (χ2n) is 13.2. The molecule has 0 amide bonds. The number of rotatable bonds is 4. The molecule has 0 saturated carbocycles. The van der Waals surface area contributed by atoms with Gasteiger partial charge in [0.05, 0.1) is 23.1 Å². The molecule has 0 N–H and O–H groups in total. The molecule has 0 aliphatic heterocycles. The van der Waals surface area contributed by atoms with Gasteiger partial charge in [-0.3, -0.25) is 8.80 Å². The van der Waals surface area contributed by atoms with Crippen LogP contribution in [0.4, 0.5) is 0 Å². The van der Waals surface area contributed by atoms with E-state index in [0.29, 0.717) is 0 Å². The molecule has 238 valence electrons. The molecule has 0 atom stereocenters. The van der Waals surface area contributed by atoms with E-state index >= 15 is 0 Å². The monoisotopic (exact) mass is 645 g/mol. The molecule has 0 saturated heterocycles. The van der Waals surface area contributed by atoms with Crippen LogP contribution in [0, 0.1) is 20.8 Å². The number of para-hydroxylation sites is 1. The third-order valence-electron chi connectivity index (χ3n) is 9.91. The molecule has 0 aliphatic rings. The number of fused-ring (bicyclic) bond motifs is 12. The zero-order valence-corrected chi connectivity index (χ0v) is 27.8. The second kappa shape index (κ2) is 10.7. The van der Waals surface area contributed by atoms with Crippen LogP contribution in [0.15, 0.2) is 134 Å². The van der Waals surface area contributed by atoms with E-state index in [0.717, 1.165) is 83.4 Å². The highest BCUT2D eigenvalue weighted by molar-refractivity contribution is 6.13. The van der Waals surface area contributed by atoms with Gasteiger partial charge in [-0.25, -0.2) is 15.0 Å². The van der Waals surface area contributed by atoms with Crippen LogP contribution >= 0.6 is 0 Å². The minimum absolute atomic E-state index is 0.736. The Kier molecular flexibility index (Phi) is 6.12. The molecule has 10 rings (SSSR count). The van der Waals surface area contributed by atoms with Crippen LogP contribution in [0.5, 0.6) is 11.5 Å². The Labute approximate surface area is 287 Å². The van der Waals surface area contributed by atoms with Crippen LogP contribution in [0.25, 0.3) is 77.3 Å². The van der Waals surface area contributed by atoms with Crippen LogP contribution in [-0.4, -0.2) is 23.8 Å². The van der Waals surface area contributed by atoms with E-state index in [1.807, 2.05) is 36.7 Å². The van der Waals surface area contributed by atoms with Crippen LogP contribution in [-0.2, 0) is 0 Å². The lowest BCUT2D eigenvalue weighted by Crippen LogP contribution is -1.95. The molecular formula is C44H31N5O. The van der Waals surface area contributed by atoms with Crippen molar-refractivity contribution >= 4 is 54.8 Å². The first-order valence-corrected chi connectivity index (χ1v) is 16.8. The summed E-state index contributed by atoms with van der Waals surface area (Å²) in [5.41, 5.74) is 11.7. The van der Waals surface area contributed by atoms with Gasteiger partial charge in [-0.1, -0.05) is 66.2 Å².